The molecule has 0 radical (unpaired) electrons. The van der Waals surface area contributed by atoms with Gasteiger partial charge in [-0.05, 0) is 57.2 Å². The van der Waals surface area contributed by atoms with Gasteiger partial charge in [0.05, 0.1) is 5.69 Å². The summed E-state index contributed by atoms with van der Waals surface area (Å²) in [5.74, 6) is 0. The van der Waals surface area contributed by atoms with E-state index in [2.05, 4.69) is 40.0 Å². The molecule has 1 aromatic heterocycles. The van der Waals surface area contributed by atoms with Crippen molar-refractivity contribution in [3.8, 4) is 0 Å². The molecule has 0 amide bonds. The summed E-state index contributed by atoms with van der Waals surface area (Å²) in [6.45, 7) is 7.06. The van der Waals surface area contributed by atoms with E-state index in [4.69, 9.17) is 0 Å². The van der Waals surface area contributed by atoms with E-state index in [1.54, 1.807) is 0 Å². The van der Waals surface area contributed by atoms with E-state index in [0.29, 0.717) is 0 Å². The van der Waals surface area contributed by atoms with Crippen molar-refractivity contribution in [2.24, 2.45) is 0 Å². The van der Waals surface area contributed by atoms with E-state index in [9.17, 15) is 0 Å². The molecule has 0 aliphatic heterocycles. The SMILES string of the molecule is CCNCc1ccnc(CNCCCCNC)c1. The lowest BCUT2D eigenvalue weighted by molar-refractivity contribution is 0.600. The molecule has 0 atom stereocenters. The quantitative estimate of drug-likeness (QED) is 0.548. The van der Waals surface area contributed by atoms with E-state index in [1.165, 1.54) is 18.4 Å². The largest absolute Gasteiger partial charge is 0.320 e. The Balaban J connectivity index is 2.20. The number of nitrogens with one attached hydrogen (secondary N) is 3. The minimum Gasteiger partial charge on any atom is -0.320 e. The average molecular weight is 250 g/mol. The van der Waals surface area contributed by atoms with Crippen molar-refractivity contribution >= 4 is 0 Å². The molecule has 4 heteroatoms. The summed E-state index contributed by atoms with van der Waals surface area (Å²) in [7, 11) is 1.99. The molecular formula is C14H26N4. The van der Waals surface area contributed by atoms with Gasteiger partial charge < -0.3 is 16.0 Å². The van der Waals surface area contributed by atoms with Gasteiger partial charge in [0.1, 0.15) is 0 Å². The molecule has 102 valence electrons. The number of nitrogens with zero attached hydrogens (tertiary/aromatic N) is 1. The third kappa shape index (κ3) is 6.69. The van der Waals surface area contributed by atoms with Crippen LogP contribution in [0.25, 0.3) is 0 Å². The molecule has 0 saturated carbocycles. The Hall–Kier alpha value is -0.970. The molecule has 0 bridgehead atoms. The second-order valence-electron chi connectivity index (χ2n) is 4.42. The lowest BCUT2D eigenvalue weighted by Gasteiger charge is -2.07. The fourth-order valence-electron chi connectivity index (χ4n) is 1.77. The predicted octanol–water partition coefficient (Wildman–Crippen LogP) is 1.28. The smallest absolute Gasteiger partial charge is 0.0544 e. The van der Waals surface area contributed by atoms with Crippen LogP contribution in [-0.2, 0) is 13.1 Å². The summed E-state index contributed by atoms with van der Waals surface area (Å²) in [4.78, 5) is 4.38. The van der Waals surface area contributed by atoms with E-state index in [1.807, 2.05) is 13.2 Å². The van der Waals surface area contributed by atoms with Gasteiger partial charge in [0, 0.05) is 19.3 Å². The second kappa shape index (κ2) is 10.00. The molecule has 0 aromatic carbocycles. The minimum absolute atomic E-state index is 0.861. The Morgan fingerprint density at radius 3 is 2.72 bits per heavy atom. The van der Waals surface area contributed by atoms with Crippen LogP contribution in [0.4, 0.5) is 0 Å². The van der Waals surface area contributed by atoms with Gasteiger partial charge in [0.2, 0.25) is 0 Å². The zero-order valence-electron chi connectivity index (χ0n) is 11.6. The number of rotatable bonds is 10. The first-order valence-corrected chi connectivity index (χ1v) is 6.86. The van der Waals surface area contributed by atoms with Crippen molar-refractivity contribution in [2.45, 2.75) is 32.9 Å². The fourth-order valence-corrected chi connectivity index (χ4v) is 1.77. The lowest BCUT2D eigenvalue weighted by Crippen LogP contribution is -2.18. The van der Waals surface area contributed by atoms with Gasteiger partial charge in [-0.2, -0.15) is 0 Å². The van der Waals surface area contributed by atoms with Crippen molar-refractivity contribution in [3.05, 3.63) is 29.6 Å². The Morgan fingerprint density at radius 1 is 1.11 bits per heavy atom. The fraction of sp³-hybridized carbons (Fsp3) is 0.643. The zero-order chi connectivity index (χ0) is 13.1. The number of aromatic nitrogens is 1. The van der Waals surface area contributed by atoms with Crippen molar-refractivity contribution in [2.75, 3.05) is 26.7 Å². The summed E-state index contributed by atoms with van der Waals surface area (Å²) < 4.78 is 0. The summed E-state index contributed by atoms with van der Waals surface area (Å²) in [5, 5.41) is 9.92. The number of pyridine rings is 1. The van der Waals surface area contributed by atoms with Crippen LogP contribution in [0.15, 0.2) is 18.3 Å². The maximum absolute atomic E-state index is 4.38. The van der Waals surface area contributed by atoms with Crippen LogP contribution >= 0.6 is 0 Å². The van der Waals surface area contributed by atoms with E-state index >= 15 is 0 Å². The minimum atomic E-state index is 0.861. The molecule has 0 fully saturated rings. The Morgan fingerprint density at radius 2 is 1.94 bits per heavy atom. The van der Waals surface area contributed by atoms with Gasteiger partial charge in [-0.25, -0.2) is 0 Å². The van der Waals surface area contributed by atoms with Gasteiger partial charge in [-0.15, -0.1) is 0 Å². The molecule has 0 aliphatic rings. The van der Waals surface area contributed by atoms with E-state index in [-0.39, 0.29) is 0 Å². The maximum atomic E-state index is 4.38. The van der Waals surface area contributed by atoms with Crippen molar-refractivity contribution in [1.29, 1.82) is 0 Å². The molecule has 0 unspecified atom stereocenters. The second-order valence-corrected chi connectivity index (χ2v) is 4.42. The Bertz CT molecular complexity index is 314. The third-order valence-corrected chi connectivity index (χ3v) is 2.80. The zero-order valence-corrected chi connectivity index (χ0v) is 11.6. The maximum Gasteiger partial charge on any atom is 0.0544 e. The molecule has 0 aliphatic carbocycles. The predicted molar refractivity (Wildman–Crippen MR) is 76.5 cm³/mol. The van der Waals surface area contributed by atoms with Crippen LogP contribution in [0.1, 0.15) is 31.0 Å². The first-order chi connectivity index (χ1) is 8.86. The molecule has 1 rings (SSSR count). The molecule has 4 nitrogen and oxygen atoms in total. The highest BCUT2D eigenvalue weighted by Gasteiger charge is 1.97. The number of hydrogen-bond acceptors (Lipinski definition) is 4. The summed E-state index contributed by atoms with van der Waals surface area (Å²) >= 11 is 0. The van der Waals surface area contributed by atoms with E-state index < -0.39 is 0 Å². The van der Waals surface area contributed by atoms with Gasteiger partial charge in [-0.1, -0.05) is 6.92 Å². The van der Waals surface area contributed by atoms with E-state index in [0.717, 1.165) is 38.4 Å². The van der Waals surface area contributed by atoms with Crippen LogP contribution in [0.2, 0.25) is 0 Å². The molecule has 0 saturated heterocycles. The molecule has 1 heterocycles. The van der Waals surface area contributed by atoms with Gasteiger partial charge in [0.15, 0.2) is 0 Å². The van der Waals surface area contributed by atoms with Crippen LogP contribution in [0.3, 0.4) is 0 Å². The standard InChI is InChI=1S/C14H26N4/c1-3-16-11-13-6-9-18-14(10-13)12-17-8-5-4-7-15-2/h6,9-10,15-17H,3-5,7-8,11-12H2,1-2H3. The molecule has 3 N–H and O–H groups in total. The van der Waals surface area contributed by atoms with Crippen LogP contribution in [0.5, 0.6) is 0 Å². The number of unbranched alkanes of at least 4 members (excludes halogenated alkanes) is 1. The average Bonchev–Trinajstić information content (AvgIpc) is 2.41. The Kier molecular flexibility index (Phi) is 8.38. The Labute approximate surface area is 111 Å². The summed E-state index contributed by atoms with van der Waals surface area (Å²) in [6.07, 6.45) is 4.32. The lowest BCUT2D eigenvalue weighted by atomic mass is 10.2. The molecular weight excluding hydrogens is 224 g/mol. The monoisotopic (exact) mass is 250 g/mol. The van der Waals surface area contributed by atoms with Gasteiger partial charge in [-0.3, -0.25) is 4.98 Å². The van der Waals surface area contributed by atoms with Crippen LogP contribution in [0, 0.1) is 0 Å². The van der Waals surface area contributed by atoms with Crippen LogP contribution in [-0.4, -0.2) is 31.7 Å². The molecule has 0 spiro atoms. The first kappa shape index (κ1) is 15.1. The van der Waals surface area contributed by atoms with Crippen LogP contribution < -0.4 is 16.0 Å². The van der Waals surface area contributed by atoms with Gasteiger partial charge >= 0.3 is 0 Å². The van der Waals surface area contributed by atoms with Gasteiger partial charge in [0.25, 0.3) is 0 Å². The summed E-state index contributed by atoms with van der Waals surface area (Å²) in [5.41, 5.74) is 2.43. The highest BCUT2D eigenvalue weighted by Crippen LogP contribution is 2.01. The highest BCUT2D eigenvalue weighted by atomic mass is 14.9. The normalized spacial score (nSPS) is 10.8. The first-order valence-electron chi connectivity index (χ1n) is 6.86. The molecule has 1 aromatic rings. The van der Waals surface area contributed by atoms with Crippen molar-refractivity contribution < 1.29 is 0 Å². The number of hydrogen-bond donors (Lipinski definition) is 3. The van der Waals surface area contributed by atoms with Crippen molar-refractivity contribution in [1.82, 2.24) is 20.9 Å². The topological polar surface area (TPSA) is 49.0 Å². The highest BCUT2D eigenvalue weighted by molar-refractivity contribution is 5.16. The third-order valence-electron chi connectivity index (χ3n) is 2.80. The summed E-state index contributed by atoms with van der Waals surface area (Å²) in [6, 6.07) is 4.24. The van der Waals surface area contributed by atoms with Crippen molar-refractivity contribution in [3.63, 3.8) is 0 Å². The molecule has 18 heavy (non-hydrogen) atoms.